The number of imidazole rings is 1. The van der Waals surface area contributed by atoms with Gasteiger partial charge < -0.3 is 4.74 Å². The number of nitrogens with one attached hydrogen (secondary N) is 1. The van der Waals surface area contributed by atoms with Gasteiger partial charge in [-0.25, -0.2) is 20.8 Å². The molecule has 0 aliphatic heterocycles. The molecule has 0 spiro atoms. The highest BCUT2D eigenvalue weighted by Crippen LogP contribution is 2.27. The summed E-state index contributed by atoms with van der Waals surface area (Å²) in [6.07, 6.45) is 0. The van der Waals surface area contributed by atoms with Crippen molar-refractivity contribution in [2.45, 2.75) is 12.1 Å². The number of hydrogen-bond donors (Lipinski definition) is 3. The van der Waals surface area contributed by atoms with Crippen molar-refractivity contribution in [3.05, 3.63) is 60.3 Å². The molecule has 0 atom stereocenters. The zero-order valence-electron chi connectivity index (χ0n) is 15.5. The first-order valence-electron chi connectivity index (χ1n) is 8.91. The average molecular weight is 406 g/mol. The Hall–Kier alpha value is -3.43. The number of carbonyl (C=O) groups excluding carboxylic acids is 1. The minimum Gasteiger partial charge on any atom is -0.494 e. The Balaban J connectivity index is 1.95. The van der Waals surface area contributed by atoms with Crippen LogP contribution in [0.3, 0.4) is 0 Å². The molecule has 0 saturated heterocycles. The van der Waals surface area contributed by atoms with Gasteiger partial charge in [0.1, 0.15) is 11.3 Å². The summed E-state index contributed by atoms with van der Waals surface area (Å²) in [5, 5.41) is 0.385. The number of thiol groups is 1. The summed E-state index contributed by atoms with van der Waals surface area (Å²) < 4.78 is 7.24. The maximum absolute atomic E-state index is 12.4. The van der Waals surface area contributed by atoms with E-state index in [2.05, 4.69) is 33.0 Å². The molecule has 0 fully saturated rings. The topological polar surface area (TPSA) is 108 Å². The second-order valence-corrected chi connectivity index (χ2v) is 6.48. The largest absolute Gasteiger partial charge is 0.494 e. The number of nitrogens with zero attached hydrogens (tertiary/aromatic N) is 4. The number of benzene rings is 2. The van der Waals surface area contributed by atoms with Gasteiger partial charge in [0.05, 0.1) is 6.61 Å². The number of hydrogen-bond acceptors (Lipinski definition) is 7. The van der Waals surface area contributed by atoms with Crippen LogP contribution in [-0.4, -0.2) is 32.0 Å². The molecule has 0 radical (unpaired) electrons. The molecule has 2 aromatic carbocycles. The summed E-state index contributed by atoms with van der Waals surface area (Å²) in [4.78, 5) is 25.9. The summed E-state index contributed by atoms with van der Waals surface area (Å²) in [5.74, 6) is 5.91. The van der Waals surface area contributed by atoms with E-state index in [1.54, 1.807) is 4.57 Å². The van der Waals surface area contributed by atoms with Crippen molar-refractivity contribution in [1.29, 1.82) is 0 Å². The molecule has 0 aliphatic carbocycles. The van der Waals surface area contributed by atoms with Gasteiger partial charge in [0, 0.05) is 11.3 Å². The Morgan fingerprint density at radius 2 is 1.83 bits per heavy atom. The number of nitrogen functional groups attached to an aromatic ring is 1. The lowest BCUT2D eigenvalue weighted by Crippen LogP contribution is -2.31. The summed E-state index contributed by atoms with van der Waals surface area (Å²) >= 11 is 4.48. The normalized spacial score (nSPS) is 10.9. The highest BCUT2D eigenvalue weighted by atomic mass is 32.1. The van der Waals surface area contributed by atoms with E-state index in [4.69, 9.17) is 10.6 Å². The van der Waals surface area contributed by atoms with Gasteiger partial charge in [-0.1, -0.05) is 18.2 Å². The molecule has 2 heterocycles. The second-order valence-electron chi connectivity index (χ2n) is 6.08. The third-order valence-corrected chi connectivity index (χ3v) is 4.57. The van der Waals surface area contributed by atoms with Crippen molar-refractivity contribution >= 4 is 29.7 Å². The summed E-state index contributed by atoms with van der Waals surface area (Å²) in [5.41, 5.74) is 4.51. The highest BCUT2D eigenvalue weighted by Gasteiger charge is 2.22. The number of rotatable bonds is 5. The van der Waals surface area contributed by atoms with Crippen LogP contribution >= 0.6 is 12.6 Å². The first kappa shape index (κ1) is 18.9. The lowest BCUT2D eigenvalue weighted by atomic mass is 10.2. The molecular formula is C20H18N6O2S. The zero-order valence-corrected chi connectivity index (χ0v) is 16.4. The third-order valence-electron chi connectivity index (χ3n) is 4.27. The van der Waals surface area contributed by atoms with Crippen LogP contribution in [0.15, 0.2) is 59.8 Å². The lowest BCUT2D eigenvalue weighted by molar-refractivity contribution is 0.0950. The van der Waals surface area contributed by atoms with E-state index < -0.39 is 5.91 Å². The van der Waals surface area contributed by atoms with Crippen molar-refractivity contribution < 1.29 is 9.53 Å². The maximum atomic E-state index is 12.4. The molecule has 4 aromatic rings. The molecule has 4 rings (SSSR count). The zero-order chi connectivity index (χ0) is 20.4. The average Bonchev–Trinajstić information content (AvgIpc) is 3.09. The van der Waals surface area contributed by atoms with Gasteiger partial charge in [-0.3, -0.25) is 14.8 Å². The minimum atomic E-state index is -0.560. The van der Waals surface area contributed by atoms with Gasteiger partial charge in [0.15, 0.2) is 22.3 Å². The molecular weight excluding hydrogens is 388 g/mol. The van der Waals surface area contributed by atoms with Crippen LogP contribution in [-0.2, 0) is 0 Å². The number of nitrogens with two attached hydrogens (primary N) is 1. The predicted octanol–water partition coefficient (Wildman–Crippen LogP) is 2.77. The van der Waals surface area contributed by atoms with Gasteiger partial charge >= 0.3 is 0 Å². The van der Waals surface area contributed by atoms with E-state index in [1.807, 2.05) is 61.5 Å². The Bertz CT molecular complexity index is 1180. The molecule has 8 nitrogen and oxygen atoms in total. The van der Waals surface area contributed by atoms with E-state index >= 15 is 0 Å². The highest BCUT2D eigenvalue weighted by molar-refractivity contribution is 7.80. The first-order valence-corrected chi connectivity index (χ1v) is 9.36. The monoisotopic (exact) mass is 406 g/mol. The van der Waals surface area contributed by atoms with Crippen LogP contribution in [0.25, 0.3) is 28.2 Å². The van der Waals surface area contributed by atoms with Crippen molar-refractivity contribution in [2.75, 3.05) is 6.61 Å². The van der Waals surface area contributed by atoms with Crippen LogP contribution in [0, 0.1) is 0 Å². The van der Waals surface area contributed by atoms with E-state index in [9.17, 15) is 4.79 Å². The molecule has 2 aromatic heterocycles. The van der Waals surface area contributed by atoms with E-state index in [-0.39, 0.29) is 5.69 Å². The van der Waals surface area contributed by atoms with Crippen molar-refractivity contribution in [3.63, 3.8) is 0 Å². The number of aromatic nitrogens is 4. The number of carbonyl (C=O) groups is 1. The Morgan fingerprint density at radius 1 is 1.10 bits per heavy atom. The molecule has 0 bridgehead atoms. The van der Waals surface area contributed by atoms with Gasteiger partial charge in [-0.2, -0.15) is 0 Å². The van der Waals surface area contributed by atoms with Gasteiger partial charge in [-0.15, -0.1) is 12.6 Å². The number of fused-ring (bicyclic) bond motifs is 1. The molecule has 1 amide bonds. The van der Waals surface area contributed by atoms with Gasteiger partial charge in [-0.05, 0) is 43.3 Å². The Labute approximate surface area is 172 Å². The Kier molecular flexibility index (Phi) is 5.15. The van der Waals surface area contributed by atoms with Gasteiger partial charge in [0.25, 0.3) is 5.91 Å². The van der Waals surface area contributed by atoms with Crippen LogP contribution in [0.5, 0.6) is 5.75 Å². The second kappa shape index (κ2) is 7.90. The molecule has 29 heavy (non-hydrogen) atoms. The van der Waals surface area contributed by atoms with Crippen LogP contribution in [0.4, 0.5) is 0 Å². The number of ether oxygens (including phenoxy) is 1. The fourth-order valence-corrected chi connectivity index (χ4v) is 3.29. The first-order chi connectivity index (χ1) is 14.1. The number of para-hydroxylation sites is 1. The fraction of sp³-hybridized carbons (Fsp3) is 0.100. The molecule has 0 unspecified atom stereocenters. The number of hydrazine groups is 1. The Morgan fingerprint density at radius 3 is 2.48 bits per heavy atom. The van der Waals surface area contributed by atoms with Crippen molar-refractivity contribution in [1.82, 2.24) is 24.9 Å². The summed E-state index contributed by atoms with van der Waals surface area (Å²) in [6, 6.07) is 16.8. The predicted molar refractivity (Wildman–Crippen MR) is 112 cm³/mol. The molecule has 0 aliphatic rings. The molecule has 146 valence electrons. The maximum Gasteiger partial charge on any atom is 0.286 e. The molecule has 0 saturated carbocycles. The summed E-state index contributed by atoms with van der Waals surface area (Å²) in [7, 11) is 0. The van der Waals surface area contributed by atoms with E-state index in [0.717, 1.165) is 17.0 Å². The summed E-state index contributed by atoms with van der Waals surface area (Å²) in [6.45, 7) is 2.49. The molecule has 3 N–H and O–H groups in total. The van der Waals surface area contributed by atoms with E-state index in [1.165, 1.54) is 0 Å². The van der Waals surface area contributed by atoms with Crippen LogP contribution in [0.2, 0.25) is 0 Å². The van der Waals surface area contributed by atoms with Crippen molar-refractivity contribution in [2.24, 2.45) is 5.84 Å². The number of amides is 1. The van der Waals surface area contributed by atoms with Crippen molar-refractivity contribution in [3.8, 4) is 22.8 Å². The third kappa shape index (κ3) is 3.53. The molecule has 9 heteroatoms. The van der Waals surface area contributed by atoms with Crippen LogP contribution in [0.1, 0.15) is 17.4 Å². The van der Waals surface area contributed by atoms with E-state index in [0.29, 0.717) is 28.8 Å². The lowest BCUT2D eigenvalue weighted by Gasteiger charge is -2.09. The standard InChI is InChI=1S/C20H18N6O2S/c1-2-28-14-10-8-12(9-11-14)17-22-16(19(27)25-21)15-18(24-17)26(20(29)23-15)13-6-4-3-5-7-13/h3-11H,2,21H2,1H3,(H,23,29)(H,25,27). The van der Waals surface area contributed by atoms with Gasteiger partial charge in [0.2, 0.25) is 0 Å². The SMILES string of the molecule is CCOc1ccc(-c2nc(C(=O)NN)c3nc(S)n(-c4ccccc4)c3n2)cc1. The minimum absolute atomic E-state index is 0.0753. The quantitative estimate of drug-likeness (QED) is 0.204. The fourth-order valence-electron chi connectivity index (χ4n) is 2.98. The van der Waals surface area contributed by atoms with Crippen LogP contribution < -0.4 is 16.0 Å². The smallest absolute Gasteiger partial charge is 0.286 e.